The minimum Gasteiger partial charge on any atom is -0.336 e. The molecule has 22 heavy (non-hydrogen) atoms. The first-order valence-electron chi connectivity index (χ1n) is 8.62. The molecule has 0 spiro atoms. The Hall–Kier alpha value is -1.35. The second-order valence-electron chi connectivity index (χ2n) is 6.88. The summed E-state index contributed by atoms with van der Waals surface area (Å²) in [7, 11) is 0. The maximum absolute atomic E-state index is 12.6. The first kappa shape index (κ1) is 17.0. The fraction of sp³-hybridized carbons (Fsp3) is 0.632. The summed E-state index contributed by atoms with van der Waals surface area (Å²) in [6.45, 7) is 10.4. The van der Waals surface area contributed by atoms with Gasteiger partial charge in [0.1, 0.15) is 0 Å². The van der Waals surface area contributed by atoms with Crippen LogP contribution in [0.2, 0.25) is 0 Å². The third kappa shape index (κ3) is 5.13. The maximum Gasteiger partial charge on any atom is 0.224 e. The van der Waals surface area contributed by atoms with Crippen LogP contribution in [0.1, 0.15) is 45.6 Å². The van der Waals surface area contributed by atoms with Crippen molar-refractivity contribution in [3.8, 4) is 0 Å². The fourth-order valence-corrected chi connectivity index (χ4v) is 3.02. The van der Waals surface area contributed by atoms with Crippen molar-refractivity contribution in [2.75, 3.05) is 19.6 Å². The minimum atomic E-state index is 0.245. The predicted molar refractivity (Wildman–Crippen MR) is 91.6 cm³/mol. The lowest BCUT2D eigenvalue weighted by Gasteiger charge is -2.32. The van der Waals surface area contributed by atoms with Crippen LogP contribution in [0.5, 0.6) is 0 Å². The number of benzene rings is 1. The summed E-state index contributed by atoms with van der Waals surface area (Å²) >= 11 is 0. The lowest BCUT2D eigenvalue weighted by molar-refractivity contribution is -0.134. The van der Waals surface area contributed by atoms with Crippen LogP contribution in [0.3, 0.4) is 0 Å². The lowest BCUT2D eigenvalue weighted by atomic mass is 9.99. The molecule has 2 rings (SSSR count). The van der Waals surface area contributed by atoms with Crippen LogP contribution in [-0.2, 0) is 11.3 Å². The minimum absolute atomic E-state index is 0.245. The Kier molecular flexibility index (Phi) is 6.44. The second kappa shape index (κ2) is 8.33. The molecule has 0 aromatic heterocycles. The predicted octanol–water partition coefficient (Wildman–Crippen LogP) is 3.55. The standard InChI is InChI=1S/C19H30N2O/c1-16(2)21(15-18-7-5-4-6-8-18)19(22)11-14-20-12-9-17(3)10-13-20/h4-8,16-17H,9-15H2,1-3H3. The molecule has 1 saturated heterocycles. The Labute approximate surface area is 135 Å². The van der Waals surface area contributed by atoms with E-state index in [-0.39, 0.29) is 11.9 Å². The topological polar surface area (TPSA) is 23.6 Å². The van der Waals surface area contributed by atoms with Crippen molar-refractivity contribution in [1.82, 2.24) is 9.80 Å². The number of hydrogen-bond donors (Lipinski definition) is 0. The van der Waals surface area contributed by atoms with E-state index in [4.69, 9.17) is 0 Å². The molecule has 1 aromatic carbocycles. The highest BCUT2D eigenvalue weighted by Crippen LogP contribution is 2.17. The largest absolute Gasteiger partial charge is 0.336 e. The highest BCUT2D eigenvalue weighted by Gasteiger charge is 2.20. The summed E-state index contributed by atoms with van der Waals surface area (Å²) in [4.78, 5) is 17.0. The molecule has 0 bridgehead atoms. The number of nitrogens with zero attached hydrogens (tertiary/aromatic N) is 2. The summed E-state index contributed by atoms with van der Waals surface area (Å²) in [5.74, 6) is 1.12. The van der Waals surface area contributed by atoms with Gasteiger partial charge in [0, 0.05) is 25.6 Å². The summed E-state index contributed by atoms with van der Waals surface area (Å²) in [5.41, 5.74) is 1.20. The molecule has 1 heterocycles. The fourth-order valence-electron chi connectivity index (χ4n) is 3.02. The van der Waals surface area contributed by atoms with E-state index >= 15 is 0 Å². The Morgan fingerprint density at radius 3 is 2.45 bits per heavy atom. The smallest absolute Gasteiger partial charge is 0.224 e. The highest BCUT2D eigenvalue weighted by atomic mass is 16.2. The van der Waals surface area contributed by atoms with Crippen LogP contribution in [0, 0.1) is 5.92 Å². The van der Waals surface area contributed by atoms with Crippen LogP contribution in [-0.4, -0.2) is 41.4 Å². The van der Waals surface area contributed by atoms with E-state index in [0.29, 0.717) is 13.0 Å². The van der Waals surface area contributed by atoms with Gasteiger partial charge in [0.15, 0.2) is 0 Å². The van der Waals surface area contributed by atoms with Gasteiger partial charge in [-0.1, -0.05) is 37.3 Å². The molecule has 0 unspecified atom stereocenters. The van der Waals surface area contributed by atoms with Crippen molar-refractivity contribution in [2.24, 2.45) is 5.92 Å². The summed E-state index contributed by atoms with van der Waals surface area (Å²) in [6.07, 6.45) is 3.18. The monoisotopic (exact) mass is 302 g/mol. The summed E-state index contributed by atoms with van der Waals surface area (Å²) < 4.78 is 0. The van der Waals surface area contributed by atoms with E-state index in [1.165, 1.54) is 18.4 Å². The van der Waals surface area contributed by atoms with E-state index < -0.39 is 0 Å². The molecule has 0 radical (unpaired) electrons. The van der Waals surface area contributed by atoms with Gasteiger partial charge in [-0.2, -0.15) is 0 Å². The molecule has 3 nitrogen and oxygen atoms in total. The number of likely N-dealkylation sites (tertiary alicyclic amines) is 1. The molecule has 1 aliphatic rings. The number of piperidine rings is 1. The van der Waals surface area contributed by atoms with Crippen molar-refractivity contribution in [3.05, 3.63) is 35.9 Å². The Bertz CT molecular complexity index is 450. The van der Waals surface area contributed by atoms with E-state index in [2.05, 4.69) is 37.8 Å². The van der Waals surface area contributed by atoms with Gasteiger partial charge in [-0.25, -0.2) is 0 Å². The molecule has 122 valence electrons. The van der Waals surface area contributed by atoms with Gasteiger partial charge in [-0.3, -0.25) is 4.79 Å². The molecule has 1 aromatic rings. The van der Waals surface area contributed by atoms with Crippen molar-refractivity contribution < 1.29 is 4.79 Å². The number of amides is 1. The van der Waals surface area contributed by atoms with Gasteiger partial charge in [-0.05, 0) is 51.3 Å². The van der Waals surface area contributed by atoms with Crippen molar-refractivity contribution >= 4 is 5.91 Å². The number of hydrogen-bond acceptors (Lipinski definition) is 2. The Balaban J connectivity index is 1.84. The van der Waals surface area contributed by atoms with Crippen molar-refractivity contribution in [1.29, 1.82) is 0 Å². The molecular weight excluding hydrogens is 272 g/mol. The molecule has 0 aliphatic carbocycles. The second-order valence-corrected chi connectivity index (χ2v) is 6.88. The van der Waals surface area contributed by atoms with Gasteiger partial charge in [0.2, 0.25) is 5.91 Å². The van der Waals surface area contributed by atoms with Crippen LogP contribution in [0.25, 0.3) is 0 Å². The van der Waals surface area contributed by atoms with Crippen molar-refractivity contribution in [2.45, 2.75) is 52.6 Å². The Morgan fingerprint density at radius 1 is 1.23 bits per heavy atom. The van der Waals surface area contributed by atoms with Gasteiger partial charge >= 0.3 is 0 Å². The summed E-state index contributed by atoms with van der Waals surface area (Å²) in [6, 6.07) is 10.5. The zero-order valence-electron chi connectivity index (χ0n) is 14.3. The van der Waals surface area contributed by atoms with Crippen LogP contribution in [0.15, 0.2) is 30.3 Å². The SMILES string of the molecule is CC1CCN(CCC(=O)N(Cc2ccccc2)C(C)C)CC1. The van der Waals surface area contributed by atoms with E-state index in [1.807, 2.05) is 23.1 Å². The van der Waals surface area contributed by atoms with Gasteiger partial charge in [0.25, 0.3) is 0 Å². The molecule has 1 fully saturated rings. The van der Waals surface area contributed by atoms with Crippen LogP contribution >= 0.6 is 0 Å². The normalized spacial score (nSPS) is 16.9. The average molecular weight is 302 g/mol. The molecule has 0 N–H and O–H groups in total. The maximum atomic E-state index is 12.6. The zero-order chi connectivity index (χ0) is 15.9. The zero-order valence-corrected chi connectivity index (χ0v) is 14.3. The number of rotatable bonds is 6. The average Bonchev–Trinajstić information content (AvgIpc) is 2.52. The number of carbonyl (C=O) groups is 1. The molecule has 0 saturated carbocycles. The number of carbonyl (C=O) groups excluding carboxylic acids is 1. The third-order valence-corrected chi connectivity index (χ3v) is 4.66. The van der Waals surface area contributed by atoms with Crippen molar-refractivity contribution in [3.63, 3.8) is 0 Å². The van der Waals surface area contributed by atoms with Gasteiger partial charge in [0.05, 0.1) is 0 Å². The van der Waals surface area contributed by atoms with Crippen LogP contribution in [0.4, 0.5) is 0 Å². The molecule has 3 heteroatoms. The van der Waals surface area contributed by atoms with Crippen LogP contribution < -0.4 is 0 Å². The first-order chi connectivity index (χ1) is 10.6. The first-order valence-corrected chi connectivity index (χ1v) is 8.62. The van der Waals surface area contributed by atoms with E-state index in [1.54, 1.807) is 0 Å². The van der Waals surface area contributed by atoms with Gasteiger partial charge in [-0.15, -0.1) is 0 Å². The molecule has 0 atom stereocenters. The molecule has 1 aliphatic heterocycles. The summed E-state index contributed by atoms with van der Waals surface area (Å²) in [5, 5.41) is 0. The van der Waals surface area contributed by atoms with E-state index in [0.717, 1.165) is 25.6 Å². The molecule has 1 amide bonds. The highest BCUT2D eigenvalue weighted by molar-refractivity contribution is 5.76. The lowest BCUT2D eigenvalue weighted by Crippen LogP contribution is -2.40. The Morgan fingerprint density at radius 2 is 1.86 bits per heavy atom. The van der Waals surface area contributed by atoms with E-state index in [9.17, 15) is 4.79 Å². The third-order valence-electron chi connectivity index (χ3n) is 4.66. The van der Waals surface area contributed by atoms with Gasteiger partial charge < -0.3 is 9.80 Å². The quantitative estimate of drug-likeness (QED) is 0.802. The molecular formula is C19H30N2O.